The van der Waals surface area contributed by atoms with Gasteiger partial charge in [-0.15, -0.1) is 0 Å². The van der Waals surface area contributed by atoms with Crippen LogP contribution in [0.5, 0.6) is 5.75 Å². The number of hydrogen-bond acceptors (Lipinski definition) is 6. The normalized spacial score (nSPS) is 11.4. The number of H-pyrrole nitrogens is 1. The van der Waals surface area contributed by atoms with Crippen molar-refractivity contribution in [2.24, 2.45) is 5.10 Å². The minimum Gasteiger partial charge on any atom is -0.497 e. The molecule has 27 heavy (non-hydrogen) atoms. The molecule has 9 nitrogen and oxygen atoms in total. The fourth-order valence-electron chi connectivity index (χ4n) is 2.78. The van der Waals surface area contributed by atoms with Gasteiger partial charge in [0, 0.05) is 28.6 Å². The third kappa shape index (κ3) is 2.91. The molecule has 0 amide bonds. The van der Waals surface area contributed by atoms with Crippen molar-refractivity contribution < 1.29 is 9.66 Å². The first kappa shape index (κ1) is 16.5. The topological polar surface area (TPSA) is 115 Å². The number of rotatable bonds is 4. The summed E-state index contributed by atoms with van der Waals surface area (Å²) in [5, 5.41) is 15.7. The Morgan fingerprint density at radius 2 is 2.15 bits per heavy atom. The van der Waals surface area contributed by atoms with Crippen LogP contribution in [-0.2, 0) is 0 Å². The van der Waals surface area contributed by atoms with Crippen molar-refractivity contribution in [2.45, 2.75) is 0 Å². The van der Waals surface area contributed by atoms with Crippen LogP contribution in [0.2, 0.25) is 0 Å². The average molecular weight is 363 g/mol. The smallest absolute Gasteiger partial charge is 0.298 e. The van der Waals surface area contributed by atoms with Crippen LogP contribution in [0.3, 0.4) is 0 Å². The fraction of sp³-hybridized carbons (Fsp3) is 0.0556. The van der Waals surface area contributed by atoms with Gasteiger partial charge in [0.1, 0.15) is 23.1 Å². The average Bonchev–Trinajstić information content (AvgIpc) is 3.06. The lowest BCUT2D eigenvalue weighted by molar-refractivity contribution is -0.384. The first-order valence-electron chi connectivity index (χ1n) is 7.93. The number of benzene rings is 2. The Hall–Kier alpha value is -4.01. The van der Waals surface area contributed by atoms with Crippen LogP contribution < -0.4 is 10.3 Å². The summed E-state index contributed by atoms with van der Waals surface area (Å²) in [5.41, 5.74) is 1.67. The van der Waals surface area contributed by atoms with Crippen LogP contribution in [0, 0.1) is 10.1 Å². The first-order chi connectivity index (χ1) is 13.1. The van der Waals surface area contributed by atoms with Crippen molar-refractivity contribution in [3.8, 4) is 5.75 Å². The largest absolute Gasteiger partial charge is 0.497 e. The Kier molecular flexibility index (Phi) is 3.88. The highest BCUT2D eigenvalue weighted by Crippen LogP contribution is 2.25. The van der Waals surface area contributed by atoms with Crippen LogP contribution in [0.1, 0.15) is 5.56 Å². The fourth-order valence-corrected chi connectivity index (χ4v) is 2.78. The molecule has 0 radical (unpaired) electrons. The summed E-state index contributed by atoms with van der Waals surface area (Å²) in [4.78, 5) is 30.4. The summed E-state index contributed by atoms with van der Waals surface area (Å²) in [6.45, 7) is 0. The van der Waals surface area contributed by atoms with Crippen LogP contribution in [0.25, 0.3) is 21.9 Å². The second-order valence-electron chi connectivity index (χ2n) is 5.75. The number of nitro groups is 1. The molecule has 4 aromatic rings. The molecule has 1 N–H and O–H groups in total. The molecule has 2 aromatic heterocycles. The summed E-state index contributed by atoms with van der Waals surface area (Å²) >= 11 is 0. The number of nitrogens with one attached hydrogen (secondary N) is 1. The molecular formula is C18H13N5O4. The third-order valence-electron chi connectivity index (χ3n) is 4.11. The molecule has 9 heteroatoms. The van der Waals surface area contributed by atoms with Gasteiger partial charge in [-0.25, -0.2) is 4.98 Å². The highest BCUT2D eigenvalue weighted by molar-refractivity contribution is 6.04. The Labute approximate surface area is 151 Å². The second kappa shape index (κ2) is 6.37. The van der Waals surface area contributed by atoms with Crippen molar-refractivity contribution in [2.75, 3.05) is 7.11 Å². The summed E-state index contributed by atoms with van der Waals surface area (Å²) < 4.78 is 6.29. The summed E-state index contributed by atoms with van der Waals surface area (Å²) in [5.74, 6) is 0.665. The molecule has 0 saturated heterocycles. The molecular weight excluding hydrogens is 350 g/mol. The van der Waals surface area contributed by atoms with Crippen LogP contribution >= 0.6 is 0 Å². The van der Waals surface area contributed by atoms with E-state index in [4.69, 9.17) is 4.74 Å². The quantitative estimate of drug-likeness (QED) is 0.340. The number of aromatic amines is 1. The van der Waals surface area contributed by atoms with Crippen LogP contribution in [0.15, 0.2) is 58.7 Å². The lowest BCUT2D eigenvalue weighted by Crippen LogP contribution is -2.17. The summed E-state index contributed by atoms with van der Waals surface area (Å²) in [7, 11) is 1.57. The maximum Gasteiger partial charge on any atom is 0.298 e. The van der Waals surface area contributed by atoms with E-state index in [-0.39, 0.29) is 11.2 Å². The summed E-state index contributed by atoms with van der Waals surface area (Å²) in [6, 6.07) is 11.4. The van der Waals surface area contributed by atoms with Gasteiger partial charge in [0.15, 0.2) is 0 Å². The van der Waals surface area contributed by atoms with Crippen molar-refractivity contribution in [1.82, 2.24) is 14.6 Å². The van der Waals surface area contributed by atoms with E-state index in [2.05, 4.69) is 15.1 Å². The minimum absolute atomic E-state index is 0.0514. The maximum absolute atomic E-state index is 12.7. The number of nitrogens with zero attached hydrogens (tertiary/aromatic N) is 4. The van der Waals surface area contributed by atoms with Gasteiger partial charge in [-0.1, -0.05) is 12.1 Å². The summed E-state index contributed by atoms with van der Waals surface area (Å²) in [6.07, 6.45) is 2.68. The number of non-ortho nitro benzene ring substituents is 1. The molecule has 0 aliphatic rings. The SMILES string of the molecule is COc1ccc2[nH]c3c(=O)n(N=Cc4cccc([N+](=O)[O-])c4)cnc3c2c1. The zero-order valence-electron chi connectivity index (χ0n) is 14.1. The molecule has 0 bridgehead atoms. The van der Waals surface area contributed by atoms with Gasteiger partial charge in [0.25, 0.3) is 11.2 Å². The van der Waals surface area contributed by atoms with E-state index in [0.29, 0.717) is 22.3 Å². The molecule has 0 fully saturated rings. The Morgan fingerprint density at radius 1 is 1.30 bits per heavy atom. The van der Waals surface area contributed by atoms with Gasteiger partial charge in [-0.3, -0.25) is 14.9 Å². The van der Waals surface area contributed by atoms with Gasteiger partial charge in [0.05, 0.1) is 18.2 Å². The van der Waals surface area contributed by atoms with E-state index >= 15 is 0 Å². The number of fused-ring (bicyclic) bond motifs is 3. The maximum atomic E-state index is 12.7. The van der Waals surface area contributed by atoms with E-state index in [1.54, 1.807) is 31.4 Å². The highest BCUT2D eigenvalue weighted by Gasteiger charge is 2.11. The minimum atomic E-state index is -0.490. The van der Waals surface area contributed by atoms with Gasteiger partial charge in [0.2, 0.25) is 0 Å². The second-order valence-corrected chi connectivity index (χ2v) is 5.75. The third-order valence-corrected chi connectivity index (χ3v) is 4.11. The van der Waals surface area contributed by atoms with Crippen LogP contribution in [-0.4, -0.2) is 32.9 Å². The lowest BCUT2D eigenvalue weighted by Gasteiger charge is -1.99. The Balaban J connectivity index is 1.78. The van der Waals surface area contributed by atoms with Gasteiger partial charge in [-0.2, -0.15) is 9.78 Å². The molecule has 0 saturated carbocycles. The number of methoxy groups -OCH3 is 1. The standard InChI is InChI=1S/C18H13N5O4/c1-27-13-5-6-15-14(8-13)16-17(21-15)18(24)22(10-19-16)20-9-11-3-2-4-12(7-11)23(25)26/h2-10,21H,1H3. The Bertz CT molecular complexity index is 1270. The predicted molar refractivity (Wildman–Crippen MR) is 101 cm³/mol. The molecule has 134 valence electrons. The zero-order valence-corrected chi connectivity index (χ0v) is 14.1. The first-order valence-corrected chi connectivity index (χ1v) is 7.93. The lowest BCUT2D eigenvalue weighted by atomic mass is 10.2. The van der Waals surface area contributed by atoms with Gasteiger partial charge < -0.3 is 9.72 Å². The van der Waals surface area contributed by atoms with Crippen molar-refractivity contribution in [1.29, 1.82) is 0 Å². The Morgan fingerprint density at radius 3 is 2.93 bits per heavy atom. The van der Waals surface area contributed by atoms with E-state index in [1.165, 1.54) is 24.7 Å². The molecule has 0 atom stereocenters. The predicted octanol–water partition coefficient (Wildman–Crippen LogP) is 2.68. The molecule has 0 unspecified atom stereocenters. The van der Waals surface area contributed by atoms with E-state index < -0.39 is 4.92 Å². The van der Waals surface area contributed by atoms with E-state index in [1.807, 2.05) is 6.07 Å². The van der Waals surface area contributed by atoms with Crippen molar-refractivity contribution in [3.63, 3.8) is 0 Å². The number of ether oxygens (including phenoxy) is 1. The highest BCUT2D eigenvalue weighted by atomic mass is 16.6. The van der Waals surface area contributed by atoms with Gasteiger partial charge in [-0.05, 0) is 18.2 Å². The molecule has 4 rings (SSSR count). The number of hydrogen-bond donors (Lipinski definition) is 1. The number of aromatic nitrogens is 3. The van der Waals surface area contributed by atoms with E-state index in [9.17, 15) is 14.9 Å². The molecule has 0 aliphatic heterocycles. The molecule has 2 aromatic carbocycles. The zero-order chi connectivity index (χ0) is 19.0. The van der Waals surface area contributed by atoms with Crippen LogP contribution in [0.4, 0.5) is 5.69 Å². The van der Waals surface area contributed by atoms with Gasteiger partial charge >= 0.3 is 0 Å². The number of nitro benzene ring substituents is 1. The monoisotopic (exact) mass is 363 g/mol. The molecule has 0 spiro atoms. The molecule has 0 aliphatic carbocycles. The van der Waals surface area contributed by atoms with Crippen molar-refractivity contribution in [3.05, 3.63) is 74.8 Å². The van der Waals surface area contributed by atoms with Crippen molar-refractivity contribution >= 4 is 33.8 Å². The van der Waals surface area contributed by atoms with E-state index in [0.717, 1.165) is 15.6 Å². The molecule has 2 heterocycles.